The molecule has 0 unspecified atom stereocenters. The van der Waals surface area contributed by atoms with Gasteiger partial charge < -0.3 is 14.2 Å². The molecule has 0 saturated carbocycles. The van der Waals surface area contributed by atoms with Gasteiger partial charge in [-0.3, -0.25) is 14.3 Å². The van der Waals surface area contributed by atoms with Crippen LogP contribution in [0.25, 0.3) is 0 Å². The number of benzene rings is 3. The Morgan fingerprint density at radius 2 is 1.33 bits per heavy atom. The third kappa shape index (κ3) is 7.34. The molecule has 8 nitrogen and oxygen atoms in total. The number of H-pyrrole nitrogens is 1. The van der Waals surface area contributed by atoms with E-state index in [9.17, 15) is 14.4 Å². The average Bonchev–Trinajstić information content (AvgIpc) is 3.32. The summed E-state index contributed by atoms with van der Waals surface area (Å²) >= 11 is 0. The van der Waals surface area contributed by atoms with Crippen molar-refractivity contribution in [3.05, 3.63) is 164 Å². The molecule has 0 atom stereocenters. The average molecular weight is 561 g/mol. The second kappa shape index (κ2) is 13.7. The number of rotatable bonds is 10. The molecule has 0 radical (unpaired) electrons. The number of nitrogens with one attached hydrogen (secondary N) is 1. The van der Waals surface area contributed by atoms with Crippen LogP contribution >= 0.6 is 0 Å². The van der Waals surface area contributed by atoms with Gasteiger partial charge in [0, 0.05) is 19.2 Å². The lowest BCUT2D eigenvalue weighted by Crippen LogP contribution is -2.30. The highest BCUT2D eigenvalue weighted by atomic mass is 16.6. The van der Waals surface area contributed by atoms with Gasteiger partial charge in [0.05, 0.1) is 0 Å². The lowest BCUT2D eigenvalue weighted by Gasteiger charge is -2.10. The highest BCUT2D eigenvalue weighted by Gasteiger charge is 2.34. The summed E-state index contributed by atoms with van der Waals surface area (Å²) in [5, 5.41) is 0. The minimum atomic E-state index is -0.695. The number of cyclic esters (lactones) is 1. The Kier molecular flexibility index (Phi) is 9.12. The van der Waals surface area contributed by atoms with Crippen LogP contribution in [0.3, 0.4) is 0 Å². The van der Waals surface area contributed by atoms with Gasteiger partial charge in [-0.05, 0) is 29.2 Å². The van der Waals surface area contributed by atoms with Crippen LogP contribution in [-0.4, -0.2) is 15.5 Å². The maximum atomic E-state index is 12.8. The molecule has 0 saturated heterocycles. The zero-order valence-corrected chi connectivity index (χ0v) is 22.7. The van der Waals surface area contributed by atoms with Gasteiger partial charge in [0.2, 0.25) is 5.76 Å². The lowest BCUT2D eigenvalue weighted by atomic mass is 10.1. The molecule has 4 aromatic rings. The smallest absolute Gasteiger partial charge is 0.383 e. The molecule has 42 heavy (non-hydrogen) atoms. The lowest BCUT2D eigenvalue weighted by molar-refractivity contribution is -0.136. The highest BCUT2D eigenvalue weighted by molar-refractivity contribution is 5.91. The summed E-state index contributed by atoms with van der Waals surface area (Å²) in [4.78, 5) is 40.0. The molecule has 8 heteroatoms. The zero-order chi connectivity index (χ0) is 29.1. The zero-order valence-electron chi connectivity index (χ0n) is 22.7. The molecule has 1 aliphatic heterocycles. The predicted octanol–water partition coefficient (Wildman–Crippen LogP) is 4.61. The number of carbonyl (C=O) groups excluding carboxylic acids is 1. The molecule has 1 aromatic heterocycles. The number of aromatic nitrogens is 2. The molecule has 0 aliphatic carbocycles. The Morgan fingerprint density at radius 1 is 0.762 bits per heavy atom. The summed E-state index contributed by atoms with van der Waals surface area (Å²) in [6.45, 7) is 0.299. The number of ether oxygens (including phenoxy) is 3. The normalized spacial score (nSPS) is 13.4. The quantitative estimate of drug-likeness (QED) is 0.225. The fourth-order valence-corrected chi connectivity index (χ4v) is 4.18. The third-order valence-corrected chi connectivity index (χ3v) is 6.36. The van der Waals surface area contributed by atoms with E-state index in [1.54, 1.807) is 0 Å². The first kappa shape index (κ1) is 28.0. The first-order valence-electron chi connectivity index (χ1n) is 13.4. The van der Waals surface area contributed by atoms with Crippen molar-refractivity contribution in [1.82, 2.24) is 9.55 Å². The molecule has 2 heterocycles. The first-order valence-corrected chi connectivity index (χ1v) is 13.4. The number of hydrogen-bond donors (Lipinski definition) is 1. The Labute approximate surface area is 242 Å². The van der Waals surface area contributed by atoms with Gasteiger partial charge in [-0.25, -0.2) is 9.59 Å². The van der Waals surface area contributed by atoms with Gasteiger partial charge in [-0.15, -0.1) is 0 Å². The van der Waals surface area contributed by atoms with Gasteiger partial charge in [-0.1, -0.05) is 103 Å². The van der Waals surface area contributed by atoms with Crippen molar-refractivity contribution in [1.29, 1.82) is 0 Å². The van der Waals surface area contributed by atoms with E-state index in [1.807, 2.05) is 91.0 Å². The van der Waals surface area contributed by atoms with E-state index in [1.165, 1.54) is 16.8 Å². The summed E-state index contributed by atoms with van der Waals surface area (Å²) in [5.74, 6) is 5.36. The fraction of sp³-hybridized carbons (Fsp3) is 0.147. The molecule has 0 amide bonds. The van der Waals surface area contributed by atoms with Crippen molar-refractivity contribution >= 4 is 5.97 Å². The molecular formula is C34H28N2O6. The monoisotopic (exact) mass is 560 g/mol. The summed E-state index contributed by atoms with van der Waals surface area (Å²) in [5.41, 5.74) is 1.88. The first-order chi connectivity index (χ1) is 20.6. The molecule has 5 rings (SSSR count). The van der Waals surface area contributed by atoms with Gasteiger partial charge in [-0.2, -0.15) is 0 Å². The topological polar surface area (TPSA) is 99.6 Å². The fourth-order valence-electron chi connectivity index (χ4n) is 4.18. The van der Waals surface area contributed by atoms with Gasteiger partial charge >= 0.3 is 11.7 Å². The molecule has 3 aromatic carbocycles. The SMILES string of the molecule is O=C1O/C(=C\Cn2cc(C#CCCc3ccccc3)c(=O)[nH]c2=O)C(OCc2ccccc2)=C1OCc1ccccc1. The van der Waals surface area contributed by atoms with Crippen molar-refractivity contribution in [3.8, 4) is 11.8 Å². The molecule has 0 spiro atoms. The van der Waals surface area contributed by atoms with Crippen LogP contribution < -0.4 is 11.2 Å². The number of aryl methyl sites for hydroxylation is 1. The minimum absolute atomic E-state index is 0.0128. The number of allylic oxidation sites excluding steroid dienone is 1. The summed E-state index contributed by atoms with van der Waals surface area (Å²) in [6.07, 6.45) is 4.23. The van der Waals surface area contributed by atoms with Crippen LogP contribution in [0.4, 0.5) is 0 Å². The number of nitrogens with zero attached hydrogens (tertiary/aromatic N) is 1. The Hall–Kier alpha value is -5.55. The van der Waals surface area contributed by atoms with E-state index in [-0.39, 0.29) is 42.6 Å². The number of esters is 1. The van der Waals surface area contributed by atoms with Gasteiger partial charge in [0.25, 0.3) is 11.3 Å². The van der Waals surface area contributed by atoms with E-state index in [2.05, 4.69) is 16.8 Å². The maximum Gasteiger partial charge on any atom is 0.383 e. The van der Waals surface area contributed by atoms with E-state index >= 15 is 0 Å². The van der Waals surface area contributed by atoms with Crippen LogP contribution in [0.2, 0.25) is 0 Å². The molecule has 210 valence electrons. The number of aromatic amines is 1. The van der Waals surface area contributed by atoms with Gasteiger partial charge in [0.1, 0.15) is 18.8 Å². The molecule has 1 N–H and O–H groups in total. The molecule has 0 fully saturated rings. The Balaban J connectivity index is 1.35. The molecule has 0 bridgehead atoms. The summed E-state index contributed by atoms with van der Waals surface area (Å²) in [7, 11) is 0. The number of carbonyl (C=O) groups is 1. The van der Waals surface area contributed by atoms with Crippen LogP contribution in [0.15, 0.2) is 130 Å². The van der Waals surface area contributed by atoms with Crippen LogP contribution in [0, 0.1) is 11.8 Å². The van der Waals surface area contributed by atoms with Crippen molar-refractivity contribution in [3.63, 3.8) is 0 Å². The largest absolute Gasteiger partial charge is 0.481 e. The van der Waals surface area contributed by atoms with Crippen LogP contribution in [0.5, 0.6) is 0 Å². The van der Waals surface area contributed by atoms with E-state index in [0.29, 0.717) is 6.42 Å². The minimum Gasteiger partial charge on any atom is -0.481 e. The van der Waals surface area contributed by atoms with E-state index in [4.69, 9.17) is 14.2 Å². The van der Waals surface area contributed by atoms with E-state index in [0.717, 1.165) is 23.1 Å². The van der Waals surface area contributed by atoms with Crippen LogP contribution in [-0.2, 0) is 45.2 Å². The molecular weight excluding hydrogens is 532 g/mol. The van der Waals surface area contributed by atoms with Crippen molar-refractivity contribution < 1.29 is 19.0 Å². The summed E-state index contributed by atoms with van der Waals surface area (Å²) < 4.78 is 18.6. The van der Waals surface area contributed by atoms with E-state index < -0.39 is 17.2 Å². The van der Waals surface area contributed by atoms with Crippen molar-refractivity contribution in [2.45, 2.75) is 32.6 Å². The molecule has 1 aliphatic rings. The van der Waals surface area contributed by atoms with Crippen molar-refractivity contribution in [2.24, 2.45) is 0 Å². The predicted molar refractivity (Wildman–Crippen MR) is 157 cm³/mol. The maximum absolute atomic E-state index is 12.8. The third-order valence-electron chi connectivity index (χ3n) is 6.36. The Bertz CT molecular complexity index is 1780. The second-order valence-corrected chi connectivity index (χ2v) is 9.41. The summed E-state index contributed by atoms with van der Waals surface area (Å²) in [6, 6.07) is 28.8. The highest BCUT2D eigenvalue weighted by Crippen LogP contribution is 2.30. The Morgan fingerprint density at radius 3 is 1.95 bits per heavy atom. The van der Waals surface area contributed by atoms with Crippen LogP contribution in [0.1, 0.15) is 28.7 Å². The van der Waals surface area contributed by atoms with Crippen molar-refractivity contribution in [2.75, 3.05) is 0 Å². The standard InChI is InChI=1S/C34H28N2O6/c37-32-28(19-11-10-14-25-12-4-1-5-13-25)22-36(34(39)35-32)21-20-29-30(40-23-26-15-6-2-7-16-26)31(33(38)42-29)41-24-27-17-8-3-9-18-27/h1-9,12-13,15-18,20,22H,10,14,21,23-24H2,(H,35,37,39)/b29-20-. The second-order valence-electron chi connectivity index (χ2n) is 9.41. The van der Waals surface area contributed by atoms with Gasteiger partial charge in [0.15, 0.2) is 5.76 Å². The number of hydrogen-bond acceptors (Lipinski definition) is 6.